The molecule has 2 aliphatic rings. The van der Waals surface area contributed by atoms with Gasteiger partial charge in [-0.05, 0) is 48.2 Å². The number of nitriles is 2. The van der Waals surface area contributed by atoms with Gasteiger partial charge in [0.1, 0.15) is 6.04 Å². The standard InChI is InChI=1S/C24H23N5O3/c25-13-17-2-1-3-20(12-17)29-15-18-10-16(4-5-21(18)22(29)30)11-19(14-26)28-23(31)24(27)6-8-32-9-7-24/h1-5,10,12,19H,6-9,11,15,27H2,(H,28,31). The van der Waals surface area contributed by atoms with Crippen molar-refractivity contribution in [1.29, 1.82) is 10.5 Å². The van der Waals surface area contributed by atoms with Crippen LogP contribution in [-0.2, 0) is 22.5 Å². The lowest BCUT2D eigenvalue weighted by Crippen LogP contribution is -2.58. The molecule has 1 atom stereocenters. The summed E-state index contributed by atoms with van der Waals surface area (Å²) >= 11 is 0. The summed E-state index contributed by atoms with van der Waals surface area (Å²) in [4.78, 5) is 27.1. The SMILES string of the molecule is N#Cc1cccc(N2Cc3cc(CC(C#N)NC(=O)C4(N)CCOCC4)ccc3C2=O)c1. The lowest BCUT2D eigenvalue weighted by Gasteiger charge is -2.32. The second kappa shape index (κ2) is 8.80. The van der Waals surface area contributed by atoms with Gasteiger partial charge in [0.15, 0.2) is 0 Å². The molecule has 2 aromatic rings. The van der Waals surface area contributed by atoms with Crippen molar-refractivity contribution in [2.24, 2.45) is 5.73 Å². The monoisotopic (exact) mass is 429 g/mol. The van der Waals surface area contributed by atoms with Crippen molar-refractivity contribution in [1.82, 2.24) is 5.32 Å². The van der Waals surface area contributed by atoms with Gasteiger partial charge in [0, 0.05) is 30.9 Å². The molecule has 0 aromatic heterocycles. The number of fused-ring (bicyclic) bond motifs is 1. The highest BCUT2D eigenvalue weighted by atomic mass is 16.5. The molecule has 1 saturated heterocycles. The van der Waals surface area contributed by atoms with Crippen LogP contribution < -0.4 is 16.0 Å². The van der Waals surface area contributed by atoms with Gasteiger partial charge in [0.2, 0.25) is 5.91 Å². The lowest BCUT2D eigenvalue weighted by molar-refractivity contribution is -0.130. The first kappa shape index (κ1) is 21.5. The maximum atomic E-state index is 12.9. The van der Waals surface area contributed by atoms with E-state index < -0.39 is 11.6 Å². The number of nitrogens with two attached hydrogens (primary N) is 1. The van der Waals surface area contributed by atoms with Crippen molar-refractivity contribution in [2.45, 2.75) is 37.4 Å². The van der Waals surface area contributed by atoms with E-state index in [4.69, 9.17) is 15.7 Å². The van der Waals surface area contributed by atoms with E-state index >= 15 is 0 Å². The minimum Gasteiger partial charge on any atom is -0.381 e. The van der Waals surface area contributed by atoms with Crippen molar-refractivity contribution in [3.05, 3.63) is 64.7 Å². The fraction of sp³-hybridized carbons (Fsp3) is 0.333. The molecule has 0 spiro atoms. The topological polar surface area (TPSA) is 132 Å². The van der Waals surface area contributed by atoms with Crippen LogP contribution in [0.1, 0.15) is 39.9 Å². The highest BCUT2D eigenvalue weighted by molar-refractivity contribution is 6.10. The van der Waals surface area contributed by atoms with Crippen molar-refractivity contribution in [2.75, 3.05) is 18.1 Å². The first-order chi connectivity index (χ1) is 15.4. The molecule has 1 unspecified atom stereocenters. The van der Waals surface area contributed by atoms with E-state index in [0.29, 0.717) is 55.8 Å². The van der Waals surface area contributed by atoms with Gasteiger partial charge in [-0.15, -0.1) is 0 Å². The van der Waals surface area contributed by atoms with Crippen molar-refractivity contribution < 1.29 is 14.3 Å². The highest BCUT2D eigenvalue weighted by Gasteiger charge is 2.37. The number of amides is 2. The first-order valence-corrected chi connectivity index (χ1v) is 10.4. The third-order valence-corrected chi connectivity index (χ3v) is 6.00. The maximum Gasteiger partial charge on any atom is 0.258 e. The van der Waals surface area contributed by atoms with Gasteiger partial charge in [-0.2, -0.15) is 10.5 Å². The molecule has 3 N–H and O–H groups in total. The molecular formula is C24H23N5O3. The van der Waals surface area contributed by atoms with Gasteiger partial charge in [-0.1, -0.05) is 18.2 Å². The van der Waals surface area contributed by atoms with Crippen LogP contribution in [0.15, 0.2) is 42.5 Å². The van der Waals surface area contributed by atoms with Gasteiger partial charge in [0.25, 0.3) is 5.91 Å². The number of hydrogen-bond donors (Lipinski definition) is 2. The number of anilines is 1. The lowest BCUT2D eigenvalue weighted by atomic mass is 9.90. The second-order valence-electron chi connectivity index (χ2n) is 8.17. The van der Waals surface area contributed by atoms with Crippen LogP contribution in [0.25, 0.3) is 0 Å². The van der Waals surface area contributed by atoms with E-state index in [0.717, 1.165) is 11.1 Å². The van der Waals surface area contributed by atoms with E-state index in [-0.39, 0.29) is 11.8 Å². The number of nitrogens with zero attached hydrogens (tertiary/aromatic N) is 3. The largest absolute Gasteiger partial charge is 0.381 e. The molecule has 0 bridgehead atoms. The van der Waals surface area contributed by atoms with Crippen LogP contribution in [0, 0.1) is 22.7 Å². The Morgan fingerprint density at radius 3 is 2.72 bits per heavy atom. The zero-order valence-corrected chi connectivity index (χ0v) is 17.5. The molecule has 32 heavy (non-hydrogen) atoms. The summed E-state index contributed by atoms with van der Waals surface area (Å²) in [6, 6.07) is 15.9. The Morgan fingerprint density at radius 1 is 1.22 bits per heavy atom. The molecule has 2 heterocycles. The van der Waals surface area contributed by atoms with Crippen molar-refractivity contribution in [3.8, 4) is 12.1 Å². The van der Waals surface area contributed by atoms with E-state index in [1.54, 1.807) is 41.3 Å². The molecule has 2 amide bonds. The fourth-order valence-corrected chi connectivity index (χ4v) is 4.08. The maximum absolute atomic E-state index is 12.9. The third kappa shape index (κ3) is 4.19. The van der Waals surface area contributed by atoms with Crippen LogP contribution in [0.2, 0.25) is 0 Å². The normalized spacial score (nSPS) is 17.7. The Morgan fingerprint density at radius 2 is 2.00 bits per heavy atom. The number of carbonyl (C=O) groups excluding carboxylic acids is 2. The van der Waals surface area contributed by atoms with E-state index in [9.17, 15) is 14.9 Å². The predicted molar refractivity (Wildman–Crippen MR) is 116 cm³/mol. The number of ether oxygens (including phenoxy) is 1. The summed E-state index contributed by atoms with van der Waals surface area (Å²) in [5.74, 6) is -0.469. The molecule has 4 rings (SSSR count). The van der Waals surface area contributed by atoms with E-state index in [1.807, 2.05) is 6.07 Å². The molecule has 0 saturated carbocycles. The Bertz CT molecular complexity index is 1140. The summed E-state index contributed by atoms with van der Waals surface area (Å²) in [7, 11) is 0. The molecule has 0 aliphatic carbocycles. The number of benzene rings is 2. The third-order valence-electron chi connectivity index (χ3n) is 6.00. The van der Waals surface area contributed by atoms with Crippen molar-refractivity contribution >= 4 is 17.5 Å². The van der Waals surface area contributed by atoms with Crippen LogP contribution >= 0.6 is 0 Å². The Hall–Kier alpha value is -3.72. The number of hydrogen-bond acceptors (Lipinski definition) is 6. The van der Waals surface area contributed by atoms with Crippen LogP contribution in [0.3, 0.4) is 0 Å². The molecule has 2 aliphatic heterocycles. The second-order valence-corrected chi connectivity index (χ2v) is 8.17. The van der Waals surface area contributed by atoms with Crippen LogP contribution in [0.4, 0.5) is 5.69 Å². The molecule has 1 fully saturated rings. The molecular weight excluding hydrogens is 406 g/mol. The zero-order valence-electron chi connectivity index (χ0n) is 17.5. The van der Waals surface area contributed by atoms with E-state index in [2.05, 4.69) is 17.5 Å². The molecule has 2 aromatic carbocycles. The van der Waals surface area contributed by atoms with Gasteiger partial charge >= 0.3 is 0 Å². The molecule has 8 nitrogen and oxygen atoms in total. The minimum absolute atomic E-state index is 0.128. The fourth-order valence-electron chi connectivity index (χ4n) is 4.08. The first-order valence-electron chi connectivity index (χ1n) is 10.4. The van der Waals surface area contributed by atoms with Crippen LogP contribution in [0.5, 0.6) is 0 Å². The molecule has 0 radical (unpaired) electrons. The Kier molecular flexibility index (Phi) is 5.91. The highest BCUT2D eigenvalue weighted by Crippen LogP contribution is 2.29. The summed E-state index contributed by atoms with van der Waals surface area (Å²) in [6.07, 6.45) is 1.14. The minimum atomic E-state index is -1.02. The van der Waals surface area contributed by atoms with E-state index in [1.165, 1.54) is 0 Å². The molecule has 162 valence electrons. The van der Waals surface area contributed by atoms with Crippen LogP contribution in [-0.4, -0.2) is 36.6 Å². The summed E-state index contributed by atoms with van der Waals surface area (Å²) in [5, 5.41) is 21.5. The average Bonchev–Trinajstić information content (AvgIpc) is 3.14. The van der Waals surface area contributed by atoms with Gasteiger partial charge in [0.05, 0.1) is 29.8 Å². The zero-order chi connectivity index (χ0) is 22.7. The summed E-state index contributed by atoms with van der Waals surface area (Å²) in [6.45, 7) is 1.23. The Labute approximate surface area is 186 Å². The van der Waals surface area contributed by atoms with Crippen molar-refractivity contribution in [3.63, 3.8) is 0 Å². The summed E-state index contributed by atoms with van der Waals surface area (Å²) < 4.78 is 5.27. The smallest absolute Gasteiger partial charge is 0.258 e. The number of rotatable bonds is 5. The molecule has 8 heteroatoms. The van der Waals surface area contributed by atoms with Gasteiger partial charge in [-0.25, -0.2) is 0 Å². The van der Waals surface area contributed by atoms with Gasteiger partial charge < -0.3 is 20.7 Å². The number of nitrogens with one attached hydrogen (secondary N) is 1. The quantitative estimate of drug-likeness (QED) is 0.744. The Balaban J connectivity index is 1.47. The van der Waals surface area contributed by atoms with Gasteiger partial charge in [-0.3, -0.25) is 9.59 Å². The average molecular weight is 429 g/mol. The predicted octanol–water partition coefficient (Wildman–Crippen LogP) is 1.78. The summed E-state index contributed by atoms with van der Waals surface area (Å²) in [5.41, 5.74) is 8.63. The number of carbonyl (C=O) groups is 2.